The second kappa shape index (κ2) is 7.22. The van der Waals surface area contributed by atoms with Gasteiger partial charge >= 0.3 is 0 Å². The van der Waals surface area contributed by atoms with Crippen LogP contribution < -0.4 is 5.56 Å². The van der Waals surface area contributed by atoms with Gasteiger partial charge in [-0.05, 0) is 53.6 Å². The monoisotopic (exact) mass is 404 g/mol. The van der Waals surface area contributed by atoms with Crippen molar-refractivity contribution in [3.63, 3.8) is 0 Å². The van der Waals surface area contributed by atoms with Crippen LogP contribution in [0.4, 0.5) is 0 Å². The van der Waals surface area contributed by atoms with Crippen LogP contribution in [0.2, 0.25) is 5.02 Å². The van der Waals surface area contributed by atoms with Crippen LogP contribution in [0.25, 0.3) is 10.9 Å². The highest BCUT2D eigenvalue weighted by Crippen LogP contribution is 2.29. The number of rotatable bonds is 5. The van der Waals surface area contributed by atoms with E-state index in [9.17, 15) is 4.79 Å². The number of fused-ring (bicyclic) bond motifs is 1. The minimum Gasteiger partial charge on any atom is -0.467 e. The number of hydrogen-bond donors (Lipinski definition) is 0. The van der Waals surface area contributed by atoms with Crippen molar-refractivity contribution in [2.24, 2.45) is 0 Å². The van der Waals surface area contributed by atoms with Gasteiger partial charge in [-0.3, -0.25) is 9.36 Å². The van der Waals surface area contributed by atoms with Crippen LogP contribution in [0.3, 0.4) is 0 Å². The Morgan fingerprint density at radius 1 is 1.31 bits per heavy atom. The summed E-state index contributed by atoms with van der Waals surface area (Å²) in [4.78, 5) is 22.1. The van der Waals surface area contributed by atoms with Gasteiger partial charge in [0.05, 0.1) is 23.7 Å². The van der Waals surface area contributed by atoms with Gasteiger partial charge in [0.15, 0.2) is 9.50 Å². The largest absolute Gasteiger partial charge is 0.467 e. The summed E-state index contributed by atoms with van der Waals surface area (Å²) < 4.78 is 12.0. The maximum absolute atomic E-state index is 13.0. The third kappa shape index (κ3) is 3.40. The smallest absolute Gasteiger partial charge is 0.262 e. The fraction of sp³-hybridized carbons (Fsp3) is 0.176. The quantitative estimate of drug-likeness (QED) is 0.463. The van der Waals surface area contributed by atoms with Crippen LogP contribution >= 0.6 is 34.9 Å². The number of hydrogen-bond acceptors (Lipinski definition) is 7. The van der Waals surface area contributed by atoms with Gasteiger partial charge in [0.25, 0.3) is 5.56 Å². The van der Waals surface area contributed by atoms with Crippen molar-refractivity contribution in [2.75, 3.05) is 0 Å². The topological polar surface area (TPSA) is 73.8 Å². The summed E-state index contributed by atoms with van der Waals surface area (Å²) in [5.74, 6) is 1.46. The lowest BCUT2D eigenvalue weighted by molar-refractivity contribution is 0.476. The highest BCUT2D eigenvalue weighted by Gasteiger charge is 2.16. The number of benzene rings is 1. The molecule has 3 aromatic heterocycles. The van der Waals surface area contributed by atoms with Crippen LogP contribution in [0.1, 0.15) is 18.5 Å². The summed E-state index contributed by atoms with van der Waals surface area (Å²) in [5, 5.41) is 1.57. The predicted octanol–water partition coefficient (Wildman–Crippen LogP) is 4.26. The van der Waals surface area contributed by atoms with Gasteiger partial charge in [-0.2, -0.15) is 4.37 Å². The van der Waals surface area contributed by atoms with Crippen LogP contribution in [0.15, 0.2) is 55.3 Å². The molecule has 4 aromatic rings. The molecule has 0 fully saturated rings. The molecular weight excluding hydrogens is 392 g/mol. The number of aromatic nitrogens is 4. The van der Waals surface area contributed by atoms with Gasteiger partial charge in [-0.25, -0.2) is 9.97 Å². The molecule has 0 saturated carbocycles. The normalized spacial score (nSPS) is 11.3. The first-order valence-corrected chi connectivity index (χ1v) is 9.83. The molecule has 4 rings (SSSR count). The molecule has 0 N–H and O–H groups in total. The SMILES string of the molecule is CCc1nsc(Sc2nc3cc(Cl)ccc3c(=O)n2Cc2ccco2)n1. The van der Waals surface area contributed by atoms with E-state index >= 15 is 0 Å². The standard InChI is InChI=1S/C17H13ClN4O2S2/c1-2-14-20-17(26-21-14)25-16-19-13-8-10(18)5-6-12(13)15(23)22(16)9-11-4-3-7-24-11/h3-8H,2,9H2,1H3. The second-order valence-electron chi connectivity index (χ2n) is 5.46. The average molecular weight is 405 g/mol. The van der Waals surface area contributed by atoms with Crippen LogP contribution in [-0.2, 0) is 13.0 Å². The number of furan rings is 1. The zero-order valence-electron chi connectivity index (χ0n) is 13.7. The Kier molecular flexibility index (Phi) is 4.80. The molecule has 0 aliphatic heterocycles. The zero-order chi connectivity index (χ0) is 18.1. The van der Waals surface area contributed by atoms with Crippen LogP contribution in [0.5, 0.6) is 0 Å². The third-order valence-electron chi connectivity index (χ3n) is 3.72. The summed E-state index contributed by atoms with van der Waals surface area (Å²) in [6.07, 6.45) is 2.34. The first-order valence-electron chi connectivity index (χ1n) is 7.87. The molecule has 0 amide bonds. The highest BCUT2D eigenvalue weighted by atomic mass is 35.5. The van der Waals surface area contributed by atoms with E-state index in [1.165, 1.54) is 23.3 Å². The molecule has 0 bridgehead atoms. The van der Waals surface area contributed by atoms with Gasteiger partial charge in [0, 0.05) is 11.4 Å². The minimum atomic E-state index is -0.147. The van der Waals surface area contributed by atoms with Gasteiger partial charge in [0.2, 0.25) is 0 Å². The van der Waals surface area contributed by atoms with E-state index in [0.29, 0.717) is 33.4 Å². The molecule has 0 aliphatic rings. The fourth-order valence-corrected chi connectivity index (χ4v) is 4.31. The summed E-state index contributed by atoms with van der Waals surface area (Å²) in [5.41, 5.74) is 0.409. The molecule has 0 radical (unpaired) electrons. The van der Waals surface area contributed by atoms with E-state index in [2.05, 4.69) is 14.3 Å². The van der Waals surface area contributed by atoms with E-state index < -0.39 is 0 Å². The van der Waals surface area contributed by atoms with E-state index in [-0.39, 0.29) is 5.56 Å². The molecule has 3 heterocycles. The summed E-state index contributed by atoms with van der Waals surface area (Å²) in [6.45, 7) is 2.29. The molecule has 0 aliphatic carbocycles. The van der Waals surface area contributed by atoms with E-state index in [0.717, 1.165) is 16.6 Å². The molecule has 132 valence electrons. The second-order valence-corrected chi connectivity index (χ2v) is 7.86. The van der Waals surface area contributed by atoms with Crippen molar-refractivity contribution in [3.05, 3.63) is 63.6 Å². The molecular formula is C17H13ClN4O2S2. The molecule has 0 spiro atoms. The Morgan fingerprint density at radius 2 is 2.19 bits per heavy atom. The highest BCUT2D eigenvalue weighted by molar-refractivity contribution is 8.00. The Hall–Kier alpha value is -2.16. The van der Waals surface area contributed by atoms with Gasteiger partial charge in [-0.1, -0.05) is 18.5 Å². The summed E-state index contributed by atoms with van der Waals surface area (Å²) >= 11 is 8.69. The molecule has 0 atom stereocenters. The number of aryl methyl sites for hydroxylation is 1. The van der Waals surface area contributed by atoms with Crippen LogP contribution in [0, 0.1) is 0 Å². The Balaban J connectivity index is 1.85. The van der Waals surface area contributed by atoms with Crippen molar-refractivity contribution >= 4 is 45.8 Å². The molecule has 6 nitrogen and oxygen atoms in total. The van der Waals surface area contributed by atoms with Gasteiger partial charge in [-0.15, -0.1) is 0 Å². The van der Waals surface area contributed by atoms with Gasteiger partial charge in [0.1, 0.15) is 11.6 Å². The lowest BCUT2D eigenvalue weighted by Crippen LogP contribution is -2.23. The fourth-order valence-electron chi connectivity index (χ4n) is 2.45. The van der Waals surface area contributed by atoms with Crippen molar-refractivity contribution in [3.8, 4) is 0 Å². The molecule has 9 heteroatoms. The Bertz CT molecular complexity index is 1120. The Labute approximate surface area is 162 Å². The van der Waals surface area contributed by atoms with Gasteiger partial charge < -0.3 is 4.42 Å². The molecule has 0 unspecified atom stereocenters. The molecule has 0 saturated heterocycles. The Morgan fingerprint density at radius 3 is 2.92 bits per heavy atom. The van der Waals surface area contributed by atoms with Crippen LogP contribution in [-0.4, -0.2) is 18.9 Å². The summed E-state index contributed by atoms with van der Waals surface area (Å²) in [7, 11) is 0. The predicted molar refractivity (Wildman–Crippen MR) is 102 cm³/mol. The lowest BCUT2D eigenvalue weighted by atomic mass is 10.2. The minimum absolute atomic E-state index is 0.147. The maximum atomic E-state index is 13.0. The molecule has 26 heavy (non-hydrogen) atoms. The van der Waals surface area contributed by atoms with E-state index in [1.807, 2.05) is 13.0 Å². The number of halogens is 1. The zero-order valence-corrected chi connectivity index (χ0v) is 16.1. The van der Waals surface area contributed by atoms with Crippen molar-refractivity contribution in [2.45, 2.75) is 29.4 Å². The number of nitrogens with zero attached hydrogens (tertiary/aromatic N) is 4. The maximum Gasteiger partial charge on any atom is 0.262 e. The first-order chi connectivity index (χ1) is 12.6. The molecule has 1 aromatic carbocycles. The van der Waals surface area contributed by atoms with E-state index in [4.69, 9.17) is 16.0 Å². The summed E-state index contributed by atoms with van der Waals surface area (Å²) in [6, 6.07) is 8.69. The van der Waals surface area contributed by atoms with E-state index in [1.54, 1.807) is 35.1 Å². The van der Waals surface area contributed by atoms with Crippen molar-refractivity contribution in [1.29, 1.82) is 0 Å². The first kappa shape index (κ1) is 17.3. The average Bonchev–Trinajstić information content (AvgIpc) is 3.29. The van der Waals surface area contributed by atoms with Crippen molar-refractivity contribution in [1.82, 2.24) is 18.9 Å². The lowest BCUT2D eigenvalue weighted by Gasteiger charge is -2.11. The third-order valence-corrected chi connectivity index (χ3v) is 5.74. The van der Waals surface area contributed by atoms with Crippen molar-refractivity contribution < 1.29 is 4.42 Å².